The lowest BCUT2D eigenvalue weighted by Gasteiger charge is -2.36. The Labute approximate surface area is 222 Å². The Morgan fingerprint density at radius 1 is 1.08 bits per heavy atom. The number of fused-ring (bicyclic) bond motifs is 1. The molecular formula is C27H23N3O7S. The molecule has 0 fully saturated rings. The monoisotopic (exact) mass is 533 g/mol. The number of ether oxygens (including phenoxy) is 2. The van der Waals surface area contributed by atoms with E-state index in [4.69, 9.17) is 31.1 Å². The van der Waals surface area contributed by atoms with E-state index in [0.717, 1.165) is 16.7 Å². The highest BCUT2D eigenvalue weighted by molar-refractivity contribution is 7.71. The molecule has 1 aliphatic heterocycles. The molecule has 2 N–H and O–H groups in total. The summed E-state index contributed by atoms with van der Waals surface area (Å²) in [5.74, 6) is -0.423. The Morgan fingerprint density at radius 2 is 1.87 bits per heavy atom. The molecule has 5 rings (SSSR count). The highest BCUT2D eigenvalue weighted by Gasteiger charge is 2.34. The van der Waals surface area contributed by atoms with Crippen molar-refractivity contribution in [2.45, 2.75) is 19.1 Å². The summed E-state index contributed by atoms with van der Waals surface area (Å²) in [7, 11) is 0. The van der Waals surface area contributed by atoms with Gasteiger partial charge in [0.15, 0.2) is 12.4 Å². The summed E-state index contributed by atoms with van der Waals surface area (Å²) in [6.45, 7) is -0.118. The predicted octanol–water partition coefficient (Wildman–Crippen LogP) is 5.08. The lowest BCUT2D eigenvalue weighted by atomic mass is 9.88. The number of carbonyl (C=O) groups is 2. The number of hydroxylamine groups is 2. The molecule has 0 amide bonds. The number of rotatable bonds is 8. The number of benzene rings is 3. The number of carboxylic acid groups (broad SMARTS) is 1. The minimum absolute atomic E-state index is 0.0434. The topological polar surface area (TPSA) is 127 Å². The first-order valence-electron chi connectivity index (χ1n) is 11.8. The number of nitrogens with one attached hydrogen (secondary N) is 1. The van der Waals surface area contributed by atoms with E-state index in [0.29, 0.717) is 35.7 Å². The second kappa shape index (κ2) is 11.3. The van der Waals surface area contributed by atoms with Crippen molar-refractivity contribution < 1.29 is 33.5 Å². The highest BCUT2D eigenvalue weighted by atomic mass is 32.1. The van der Waals surface area contributed by atoms with Crippen LogP contribution in [0.25, 0.3) is 11.4 Å². The normalized spacial score (nSPS) is 14.9. The molecule has 2 heterocycles. The molecule has 0 saturated carbocycles. The first-order valence-corrected chi connectivity index (χ1v) is 12.2. The molecule has 3 aromatic carbocycles. The summed E-state index contributed by atoms with van der Waals surface area (Å²) in [6.07, 6.45) is -0.233. The van der Waals surface area contributed by atoms with Crippen LogP contribution in [0.2, 0.25) is 0 Å². The van der Waals surface area contributed by atoms with Crippen LogP contribution < -0.4 is 4.74 Å². The van der Waals surface area contributed by atoms with Crippen LogP contribution in [0.1, 0.15) is 28.3 Å². The predicted molar refractivity (Wildman–Crippen MR) is 137 cm³/mol. The average Bonchev–Trinajstić information content (AvgIpc) is 3.37. The maximum atomic E-state index is 12.7. The Balaban J connectivity index is 1.51. The molecule has 0 spiro atoms. The molecule has 1 unspecified atom stereocenters. The van der Waals surface area contributed by atoms with Gasteiger partial charge in [0.1, 0.15) is 12.4 Å². The summed E-state index contributed by atoms with van der Waals surface area (Å²) in [5, 5.41) is 13.4. The van der Waals surface area contributed by atoms with Crippen LogP contribution in [0.15, 0.2) is 77.3 Å². The van der Waals surface area contributed by atoms with Gasteiger partial charge in [0.05, 0.1) is 6.04 Å². The number of aliphatic carboxylic acids is 1. The molecule has 1 aromatic heterocycles. The summed E-state index contributed by atoms with van der Waals surface area (Å²) in [6, 6.07) is 21.5. The van der Waals surface area contributed by atoms with Gasteiger partial charge in [-0.15, -0.1) is 5.06 Å². The SMILES string of the molecule is O=C(O)COc1ccc(-c2nc(=S)o[nH]2)cc1C1c2ccccc2CCN1OC(=O)OCc1ccccc1. The third-order valence-electron chi connectivity index (χ3n) is 6.00. The molecule has 0 saturated heterocycles. The van der Waals surface area contributed by atoms with E-state index in [1.54, 1.807) is 18.2 Å². The molecule has 0 bridgehead atoms. The maximum absolute atomic E-state index is 12.7. The van der Waals surface area contributed by atoms with Crippen molar-refractivity contribution in [2.24, 2.45) is 0 Å². The minimum atomic E-state index is -1.12. The van der Waals surface area contributed by atoms with Crippen LogP contribution in [0.5, 0.6) is 5.75 Å². The maximum Gasteiger partial charge on any atom is 0.528 e. The fourth-order valence-corrected chi connectivity index (χ4v) is 4.47. The summed E-state index contributed by atoms with van der Waals surface area (Å²) in [5.41, 5.74) is 3.95. The molecule has 4 aromatic rings. The van der Waals surface area contributed by atoms with Crippen LogP contribution in [0.4, 0.5) is 4.79 Å². The van der Waals surface area contributed by atoms with Crippen molar-refractivity contribution in [1.29, 1.82) is 0 Å². The number of hydrogen-bond acceptors (Lipinski definition) is 9. The van der Waals surface area contributed by atoms with E-state index >= 15 is 0 Å². The van der Waals surface area contributed by atoms with Gasteiger partial charge >= 0.3 is 17.0 Å². The van der Waals surface area contributed by atoms with E-state index in [9.17, 15) is 14.7 Å². The van der Waals surface area contributed by atoms with Gasteiger partial charge < -0.3 is 23.9 Å². The number of carbonyl (C=O) groups excluding carboxylic acids is 1. The Kier molecular flexibility index (Phi) is 7.47. The Morgan fingerprint density at radius 3 is 2.63 bits per heavy atom. The summed E-state index contributed by atoms with van der Waals surface area (Å²) < 4.78 is 16.1. The Hall–Kier alpha value is -4.48. The van der Waals surface area contributed by atoms with Gasteiger partial charge in [-0.2, -0.15) is 4.98 Å². The smallest absolute Gasteiger partial charge is 0.482 e. The highest BCUT2D eigenvalue weighted by Crippen LogP contribution is 2.41. The van der Waals surface area contributed by atoms with Crippen molar-refractivity contribution in [2.75, 3.05) is 13.2 Å². The minimum Gasteiger partial charge on any atom is -0.482 e. The molecule has 11 heteroatoms. The molecular weight excluding hydrogens is 510 g/mol. The molecule has 1 atom stereocenters. The van der Waals surface area contributed by atoms with Gasteiger partial charge in [-0.1, -0.05) is 54.6 Å². The fraction of sp³-hybridized carbons (Fsp3) is 0.185. The van der Waals surface area contributed by atoms with E-state index in [1.165, 1.54) is 5.06 Å². The standard InChI is InChI=1S/C27H23N3O7S/c31-23(32)16-34-22-11-10-19(25-28-26(38)36-29-25)14-21(22)24-20-9-5-4-8-18(20)12-13-30(24)37-27(33)35-15-17-6-2-1-3-7-17/h1-11,14,24H,12-13,15-16H2,(H,31,32)(H,28,29,38). The van der Waals surface area contributed by atoms with Crippen LogP contribution in [-0.2, 0) is 27.4 Å². The summed E-state index contributed by atoms with van der Waals surface area (Å²) in [4.78, 5) is 33.9. The zero-order valence-electron chi connectivity index (χ0n) is 20.0. The van der Waals surface area contributed by atoms with Crippen molar-refractivity contribution in [1.82, 2.24) is 15.2 Å². The third kappa shape index (κ3) is 5.74. The average molecular weight is 534 g/mol. The van der Waals surface area contributed by atoms with Gasteiger partial charge in [0, 0.05) is 17.7 Å². The number of nitrogens with zero attached hydrogens (tertiary/aromatic N) is 2. The first kappa shape index (κ1) is 25.2. The molecule has 1 aliphatic rings. The van der Waals surface area contributed by atoms with Crippen molar-refractivity contribution in [3.8, 4) is 17.1 Å². The molecule has 10 nitrogen and oxygen atoms in total. The number of H-pyrrole nitrogens is 1. The zero-order chi connectivity index (χ0) is 26.5. The quantitative estimate of drug-likeness (QED) is 0.234. The third-order valence-corrected chi connectivity index (χ3v) is 6.17. The zero-order valence-corrected chi connectivity index (χ0v) is 20.8. The van der Waals surface area contributed by atoms with E-state index < -0.39 is 24.8 Å². The van der Waals surface area contributed by atoms with E-state index in [-0.39, 0.29) is 11.4 Å². The number of aromatic amines is 1. The number of hydrogen-bond donors (Lipinski definition) is 2. The number of carboxylic acids is 1. The van der Waals surface area contributed by atoms with Gasteiger partial charge in [0.25, 0.3) is 0 Å². The largest absolute Gasteiger partial charge is 0.528 e. The lowest BCUT2D eigenvalue weighted by molar-refractivity contribution is -0.152. The fourth-order valence-electron chi connectivity index (χ4n) is 4.34. The van der Waals surface area contributed by atoms with Crippen molar-refractivity contribution in [3.05, 3.63) is 99.9 Å². The second-order valence-electron chi connectivity index (χ2n) is 8.47. The van der Waals surface area contributed by atoms with Gasteiger partial charge in [-0.05, 0) is 53.5 Å². The lowest BCUT2D eigenvalue weighted by Crippen LogP contribution is -2.38. The van der Waals surface area contributed by atoms with Crippen LogP contribution in [-0.4, -0.2) is 45.6 Å². The van der Waals surface area contributed by atoms with Crippen molar-refractivity contribution >= 4 is 24.3 Å². The van der Waals surface area contributed by atoms with Gasteiger partial charge in [0.2, 0.25) is 0 Å². The van der Waals surface area contributed by atoms with Crippen LogP contribution in [0, 0.1) is 4.84 Å². The van der Waals surface area contributed by atoms with Crippen LogP contribution >= 0.6 is 12.2 Å². The first-order chi connectivity index (χ1) is 18.5. The number of aromatic nitrogens is 2. The van der Waals surface area contributed by atoms with Crippen LogP contribution in [0.3, 0.4) is 0 Å². The Bertz CT molecular complexity index is 1500. The molecule has 194 valence electrons. The molecule has 38 heavy (non-hydrogen) atoms. The molecule has 0 radical (unpaired) electrons. The van der Waals surface area contributed by atoms with E-state index in [1.807, 2.05) is 54.6 Å². The van der Waals surface area contributed by atoms with Crippen molar-refractivity contribution in [3.63, 3.8) is 0 Å². The van der Waals surface area contributed by atoms with Gasteiger partial charge in [-0.3, -0.25) is 0 Å². The van der Waals surface area contributed by atoms with Gasteiger partial charge in [-0.25, -0.2) is 14.7 Å². The second-order valence-corrected chi connectivity index (χ2v) is 8.82. The summed E-state index contributed by atoms with van der Waals surface area (Å²) >= 11 is 4.99. The molecule has 0 aliphatic carbocycles. The van der Waals surface area contributed by atoms with E-state index in [2.05, 4.69) is 10.1 Å².